The van der Waals surface area contributed by atoms with Crippen LogP contribution >= 0.6 is 0 Å². The largest absolute Gasteiger partial charge is 0.504 e. The molecule has 0 fully saturated rings. The Bertz CT molecular complexity index is 625. The second kappa shape index (κ2) is 5.25. The summed E-state index contributed by atoms with van der Waals surface area (Å²) >= 11 is 0. The van der Waals surface area contributed by atoms with E-state index >= 15 is 0 Å². The highest BCUT2D eigenvalue weighted by Gasteiger charge is 2.34. The molecule has 1 unspecified atom stereocenters. The minimum Gasteiger partial charge on any atom is -0.504 e. The zero-order chi connectivity index (χ0) is 14.8. The number of phenolic OH excluding ortho intramolecular Hbond substituents is 2. The van der Waals surface area contributed by atoms with Crippen molar-refractivity contribution in [2.45, 2.75) is 18.8 Å². The van der Waals surface area contributed by atoms with Crippen molar-refractivity contribution in [3.05, 3.63) is 59.7 Å². The van der Waals surface area contributed by atoms with Crippen LogP contribution in [0.25, 0.3) is 0 Å². The highest BCUT2D eigenvalue weighted by atomic mass is 16.3. The number of hydrogen-bond acceptors (Lipinski definition) is 3. The molecule has 0 spiro atoms. The summed E-state index contributed by atoms with van der Waals surface area (Å²) in [4.78, 5) is 11.9. The third kappa shape index (κ3) is 2.59. The van der Waals surface area contributed by atoms with Crippen LogP contribution in [0.5, 0.6) is 11.5 Å². The topological polar surface area (TPSA) is 83.6 Å². The number of benzene rings is 2. The van der Waals surface area contributed by atoms with Gasteiger partial charge in [0.2, 0.25) is 5.91 Å². The maximum Gasteiger partial charge on any atom is 0.228 e. The molecule has 1 atom stereocenters. The van der Waals surface area contributed by atoms with E-state index in [1.54, 1.807) is 13.0 Å². The minimum atomic E-state index is -0.952. The van der Waals surface area contributed by atoms with Crippen molar-refractivity contribution in [1.29, 1.82) is 0 Å². The van der Waals surface area contributed by atoms with Crippen molar-refractivity contribution >= 4 is 5.91 Å². The fourth-order valence-electron chi connectivity index (χ4n) is 2.20. The number of primary amides is 1. The second-order valence-corrected chi connectivity index (χ2v) is 5.06. The van der Waals surface area contributed by atoms with Crippen molar-refractivity contribution in [3.8, 4) is 11.5 Å². The van der Waals surface area contributed by atoms with E-state index in [0.29, 0.717) is 12.0 Å². The van der Waals surface area contributed by atoms with Gasteiger partial charge in [0, 0.05) is 0 Å². The van der Waals surface area contributed by atoms with Crippen molar-refractivity contribution < 1.29 is 15.0 Å². The molecule has 4 nitrogen and oxygen atoms in total. The predicted octanol–water partition coefficient (Wildman–Crippen LogP) is 2.08. The number of hydrogen-bond donors (Lipinski definition) is 3. The number of phenols is 2. The number of carbonyl (C=O) groups is 1. The summed E-state index contributed by atoms with van der Waals surface area (Å²) in [6.45, 7) is 1.73. The molecule has 0 saturated carbocycles. The smallest absolute Gasteiger partial charge is 0.228 e. The first kappa shape index (κ1) is 13.9. The fourth-order valence-corrected chi connectivity index (χ4v) is 2.20. The summed E-state index contributed by atoms with van der Waals surface area (Å²) in [5.74, 6) is -0.963. The van der Waals surface area contributed by atoms with Gasteiger partial charge in [0.1, 0.15) is 0 Å². The van der Waals surface area contributed by atoms with E-state index < -0.39 is 11.3 Å². The van der Waals surface area contributed by atoms with Gasteiger partial charge >= 0.3 is 0 Å². The van der Waals surface area contributed by atoms with Gasteiger partial charge in [-0.1, -0.05) is 36.4 Å². The molecule has 0 aliphatic carbocycles. The first-order valence-corrected chi connectivity index (χ1v) is 6.30. The summed E-state index contributed by atoms with van der Waals surface area (Å²) in [6, 6.07) is 13.9. The molecule has 20 heavy (non-hydrogen) atoms. The van der Waals surface area contributed by atoms with Crippen LogP contribution in [0.2, 0.25) is 0 Å². The number of amides is 1. The lowest BCUT2D eigenvalue weighted by molar-refractivity contribution is -0.123. The Hall–Kier alpha value is -2.49. The minimum absolute atomic E-state index is 0.222. The van der Waals surface area contributed by atoms with Gasteiger partial charge in [0.25, 0.3) is 0 Å². The monoisotopic (exact) mass is 271 g/mol. The average molecular weight is 271 g/mol. The van der Waals surface area contributed by atoms with E-state index in [4.69, 9.17) is 5.73 Å². The summed E-state index contributed by atoms with van der Waals surface area (Å²) in [7, 11) is 0. The van der Waals surface area contributed by atoms with E-state index in [9.17, 15) is 15.0 Å². The van der Waals surface area contributed by atoms with Gasteiger partial charge in [-0.25, -0.2) is 0 Å². The predicted molar refractivity (Wildman–Crippen MR) is 76.5 cm³/mol. The Balaban J connectivity index is 2.43. The molecule has 2 rings (SSSR count). The zero-order valence-electron chi connectivity index (χ0n) is 11.2. The molecule has 1 amide bonds. The van der Waals surface area contributed by atoms with E-state index in [1.165, 1.54) is 12.1 Å². The van der Waals surface area contributed by atoms with Crippen LogP contribution in [0.15, 0.2) is 48.5 Å². The molecule has 0 aliphatic rings. The Labute approximate surface area is 117 Å². The molecule has 104 valence electrons. The van der Waals surface area contributed by atoms with Crippen molar-refractivity contribution in [3.63, 3.8) is 0 Å². The number of rotatable bonds is 4. The first-order valence-electron chi connectivity index (χ1n) is 6.30. The lowest BCUT2D eigenvalue weighted by atomic mass is 9.76. The standard InChI is InChI=1S/C16H17NO3/c1-16(15(17)20,10-11-5-3-2-4-6-11)12-7-8-13(18)14(19)9-12/h2-9,18-19H,10H2,1H3,(H2,17,20). The van der Waals surface area contributed by atoms with Gasteiger partial charge in [-0.05, 0) is 36.6 Å². The van der Waals surface area contributed by atoms with Gasteiger partial charge in [-0.2, -0.15) is 0 Å². The molecule has 0 bridgehead atoms. The van der Waals surface area contributed by atoms with Crippen LogP contribution in [-0.4, -0.2) is 16.1 Å². The highest BCUT2D eigenvalue weighted by Crippen LogP contribution is 2.34. The fraction of sp³-hybridized carbons (Fsp3) is 0.188. The van der Waals surface area contributed by atoms with E-state index in [1.807, 2.05) is 30.3 Å². The molecule has 0 heterocycles. The summed E-state index contributed by atoms with van der Waals surface area (Å²) in [6.07, 6.45) is 0.424. The van der Waals surface area contributed by atoms with Crippen molar-refractivity contribution in [1.82, 2.24) is 0 Å². The number of carbonyl (C=O) groups excluding carboxylic acids is 1. The van der Waals surface area contributed by atoms with Gasteiger partial charge in [-0.15, -0.1) is 0 Å². The maximum absolute atomic E-state index is 11.9. The average Bonchev–Trinajstić information content (AvgIpc) is 2.42. The molecule has 0 radical (unpaired) electrons. The Kier molecular flexibility index (Phi) is 3.66. The maximum atomic E-state index is 11.9. The molecule has 2 aromatic carbocycles. The van der Waals surface area contributed by atoms with Crippen LogP contribution < -0.4 is 5.73 Å². The van der Waals surface area contributed by atoms with Gasteiger partial charge in [-0.3, -0.25) is 4.79 Å². The molecule has 4 heteroatoms. The van der Waals surface area contributed by atoms with Crippen LogP contribution in [0.4, 0.5) is 0 Å². The van der Waals surface area contributed by atoms with Crippen LogP contribution in [0, 0.1) is 0 Å². The highest BCUT2D eigenvalue weighted by molar-refractivity contribution is 5.86. The molecular formula is C16H17NO3. The van der Waals surface area contributed by atoms with E-state index in [-0.39, 0.29) is 11.5 Å². The summed E-state index contributed by atoms with van der Waals surface area (Å²) in [5.41, 5.74) is 6.15. The molecule has 0 saturated heterocycles. The van der Waals surface area contributed by atoms with Crippen LogP contribution in [-0.2, 0) is 16.6 Å². The van der Waals surface area contributed by atoms with E-state index in [2.05, 4.69) is 0 Å². The number of nitrogens with two attached hydrogens (primary N) is 1. The lowest BCUT2D eigenvalue weighted by Crippen LogP contribution is -2.40. The Morgan fingerprint density at radius 3 is 2.30 bits per heavy atom. The van der Waals surface area contributed by atoms with Gasteiger partial charge in [0.05, 0.1) is 5.41 Å². The molecule has 0 aromatic heterocycles. The summed E-state index contributed by atoms with van der Waals surface area (Å²) in [5, 5.41) is 19.0. The molecule has 4 N–H and O–H groups in total. The first-order chi connectivity index (χ1) is 9.43. The molecule has 0 aliphatic heterocycles. The normalized spacial score (nSPS) is 13.7. The Morgan fingerprint density at radius 2 is 1.75 bits per heavy atom. The third-order valence-corrected chi connectivity index (χ3v) is 3.56. The summed E-state index contributed by atoms with van der Waals surface area (Å²) < 4.78 is 0. The third-order valence-electron chi connectivity index (χ3n) is 3.56. The van der Waals surface area contributed by atoms with E-state index in [0.717, 1.165) is 5.56 Å². The second-order valence-electron chi connectivity index (χ2n) is 5.06. The van der Waals surface area contributed by atoms with Crippen LogP contribution in [0.1, 0.15) is 18.1 Å². The van der Waals surface area contributed by atoms with Crippen molar-refractivity contribution in [2.24, 2.45) is 5.73 Å². The Morgan fingerprint density at radius 1 is 1.10 bits per heavy atom. The molecule has 2 aromatic rings. The SMILES string of the molecule is CC(Cc1ccccc1)(C(N)=O)c1ccc(O)c(O)c1. The van der Waals surface area contributed by atoms with Gasteiger partial charge in [0.15, 0.2) is 11.5 Å². The lowest BCUT2D eigenvalue weighted by Gasteiger charge is -2.27. The van der Waals surface area contributed by atoms with Crippen molar-refractivity contribution in [2.75, 3.05) is 0 Å². The van der Waals surface area contributed by atoms with Crippen LogP contribution in [0.3, 0.4) is 0 Å². The molecular weight excluding hydrogens is 254 g/mol. The van der Waals surface area contributed by atoms with Gasteiger partial charge < -0.3 is 15.9 Å². The quantitative estimate of drug-likeness (QED) is 0.744. The zero-order valence-corrected chi connectivity index (χ0v) is 11.2. The number of aromatic hydroxyl groups is 2.